The molecule has 13 heavy (non-hydrogen) atoms. The van der Waals surface area contributed by atoms with Crippen molar-refractivity contribution >= 4 is 5.91 Å². The molecule has 1 fully saturated rings. The van der Waals surface area contributed by atoms with E-state index in [0.717, 1.165) is 0 Å². The standard InChI is InChI=1S/C10H15NO2/c1-3-9-7-10(12)11(8-9)5-6-13-4-2/h1,9H,4-8H2,2H3. The summed E-state index contributed by atoms with van der Waals surface area (Å²) in [4.78, 5) is 13.1. The molecule has 0 aliphatic carbocycles. The van der Waals surface area contributed by atoms with E-state index in [1.807, 2.05) is 6.92 Å². The monoisotopic (exact) mass is 181 g/mol. The van der Waals surface area contributed by atoms with Crippen LogP contribution in [0.3, 0.4) is 0 Å². The second kappa shape index (κ2) is 4.88. The van der Waals surface area contributed by atoms with Crippen molar-refractivity contribution in [2.24, 2.45) is 5.92 Å². The van der Waals surface area contributed by atoms with Crippen molar-refractivity contribution in [2.45, 2.75) is 13.3 Å². The summed E-state index contributed by atoms with van der Waals surface area (Å²) < 4.78 is 5.17. The third-order valence-electron chi connectivity index (χ3n) is 2.16. The van der Waals surface area contributed by atoms with Crippen molar-refractivity contribution in [1.29, 1.82) is 0 Å². The molecule has 0 N–H and O–H groups in total. The topological polar surface area (TPSA) is 29.5 Å². The average molecular weight is 181 g/mol. The summed E-state index contributed by atoms with van der Waals surface area (Å²) in [6.07, 6.45) is 5.76. The normalized spacial score (nSPS) is 22.0. The summed E-state index contributed by atoms with van der Waals surface area (Å²) in [7, 11) is 0. The molecule has 3 heteroatoms. The van der Waals surface area contributed by atoms with E-state index in [4.69, 9.17) is 11.2 Å². The number of carbonyl (C=O) groups excluding carboxylic acids is 1. The lowest BCUT2D eigenvalue weighted by atomic mass is 10.1. The van der Waals surface area contributed by atoms with Crippen LogP contribution in [-0.2, 0) is 9.53 Å². The second-order valence-corrected chi connectivity index (χ2v) is 3.10. The first-order valence-electron chi connectivity index (χ1n) is 4.59. The Bertz CT molecular complexity index is 219. The number of likely N-dealkylation sites (tertiary alicyclic amines) is 1. The summed E-state index contributed by atoms with van der Waals surface area (Å²) >= 11 is 0. The zero-order chi connectivity index (χ0) is 9.68. The van der Waals surface area contributed by atoms with Gasteiger partial charge in [0.05, 0.1) is 6.61 Å². The molecule has 0 aromatic carbocycles. The van der Waals surface area contributed by atoms with Crippen molar-refractivity contribution in [3.8, 4) is 12.3 Å². The number of ether oxygens (including phenoxy) is 1. The van der Waals surface area contributed by atoms with Gasteiger partial charge in [0.25, 0.3) is 0 Å². The summed E-state index contributed by atoms with van der Waals surface area (Å²) in [5.74, 6) is 2.87. The van der Waals surface area contributed by atoms with Crippen LogP contribution in [0, 0.1) is 18.3 Å². The van der Waals surface area contributed by atoms with Crippen LogP contribution in [0.15, 0.2) is 0 Å². The first kappa shape index (κ1) is 10.1. The van der Waals surface area contributed by atoms with Crippen molar-refractivity contribution in [2.75, 3.05) is 26.3 Å². The Balaban J connectivity index is 2.28. The molecule has 0 bridgehead atoms. The van der Waals surface area contributed by atoms with Crippen LogP contribution in [0.25, 0.3) is 0 Å². The van der Waals surface area contributed by atoms with Gasteiger partial charge < -0.3 is 9.64 Å². The molecule has 72 valence electrons. The molecular formula is C10H15NO2. The maximum atomic E-state index is 11.3. The fourth-order valence-corrected chi connectivity index (χ4v) is 1.42. The number of rotatable bonds is 4. The number of nitrogens with zero attached hydrogens (tertiary/aromatic N) is 1. The molecule has 1 aliphatic rings. The fourth-order valence-electron chi connectivity index (χ4n) is 1.42. The minimum Gasteiger partial charge on any atom is -0.380 e. The van der Waals surface area contributed by atoms with Crippen LogP contribution in [0.1, 0.15) is 13.3 Å². The lowest BCUT2D eigenvalue weighted by Crippen LogP contribution is -2.29. The van der Waals surface area contributed by atoms with Gasteiger partial charge >= 0.3 is 0 Å². The maximum absolute atomic E-state index is 11.3. The van der Waals surface area contributed by atoms with Crippen LogP contribution in [0.5, 0.6) is 0 Å². The highest BCUT2D eigenvalue weighted by molar-refractivity contribution is 5.79. The molecule has 3 nitrogen and oxygen atoms in total. The molecule has 0 aromatic heterocycles. The highest BCUT2D eigenvalue weighted by atomic mass is 16.5. The van der Waals surface area contributed by atoms with Crippen molar-refractivity contribution in [3.05, 3.63) is 0 Å². The Morgan fingerprint density at radius 3 is 3.08 bits per heavy atom. The van der Waals surface area contributed by atoms with Gasteiger partial charge in [-0.2, -0.15) is 0 Å². The molecule has 1 atom stereocenters. The van der Waals surface area contributed by atoms with Gasteiger partial charge in [-0.1, -0.05) is 0 Å². The summed E-state index contributed by atoms with van der Waals surface area (Å²) in [6, 6.07) is 0. The third-order valence-corrected chi connectivity index (χ3v) is 2.16. The molecule has 1 amide bonds. The predicted molar refractivity (Wildman–Crippen MR) is 50.0 cm³/mol. The lowest BCUT2D eigenvalue weighted by molar-refractivity contribution is -0.128. The largest absolute Gasteiger partial charge is 0.380 e. The summed E-state index contributed by atoms with van der Waals surface area (Å²) in [5.41, 5.74) is 0. The van der Waals surface area contributed by atoms with E-state index in [0.29, 0.717) is 32.7 Å². The van der Waals surface area contributed by atoms with Crippen LogP contribution in [0.4, 0.5) is 0 Å². The molecule has 0 radical (unpaired) electrons. The van der Waals surface area contributed by atoms with Gasteiger partial charge in [-0.05, 0) is 6.92 Å². The third kappa shape index (κ3) is 2.74. The Hall–Kier alpha value is -1.01. The molecule has 1 heterocycles. The minimum atomic E-state index is 0.106. The van der Waals surface area contributed by atoms with E-state index in [1.54, 1.807) is 4.90 Å². The van der Waals surface area contributed by atoms with Crippen LogP contribution >= 0.6 is 0 Å². The first-order valence-corrected chi connectivity index (χ1v) is 4.59. The quantitative estimate of drug-likeness (QED) is 0.467. The molecule has 1 unspecified atom stereocenters. The Morgan fingerprint density at radius 1 is 1.77 bits per heavy atom. The minimum absolute atomic E-state index is 0.106. The summed E-state index contributed by atoms with van der Waals surface area (Å²) in [6.45, 7) is 4.61. The van der Waals surface area contributed by atoms with Gasteiger partial charge in [0.15, 0.2) is 0 Å². The molecular weight excluding hydrogens is 166 g/mol. The van der Waals surface area contributed by atoms with Gasteiger partial charge in [0.2, 0.25) is 5.91 Å². The number of hydrogen-bond acceptors (Lipinski definition) is 2. The first-order chi connectivity index (χ1) is 6.27. The molecule has 1 saturated heterocycles. The number of amides is 1. The van der Waals surface area contributed by atoms with Crippen LogP contribution in [-0.4, -0.2) is 37.1 Å². The van der Waals surface area contributed by atoms with Crippen molar-refractivity contribution < 1.29 is 9.53 Å². The van der Waals surface area contributed by atoms with Gasteiger partial charge in [-0.3, -0.25) is 4.79 Å². The van der Waals surface area contributed by atoms with Gasteiger partial charge in [-0.15, -0.1) is 12.3 Å². The molecule has 0 saturated carbocycles. The number of terminal acetylenes is 1. The van der Waals surface area contributed by atoms with Crippen LogP contribution in [0.2, 0.25) is 0 Å². The van der Waals surface area contributed by atoms with Crippen molar-refractivity contribution in [3.63, 3.8) is 0 Å². The highest BCUT2D eigenvalue weighted by Crippen LogP contribution is 2.15. The Morgan fingerprint density at radius 2 is 2.54 bits per heavy atom. The highest BCUT2D eigenvalue weighted by Gasteiger charge is 2.27. The van der Waals surface area contributed by atoms with Gasteiger partial charge in [-0.25, -0.2) is 0 Å². The fraction of sp³-hybridized carbons (Fsp3) is 0.700. The van der Waals surface area contributed by atoms with E-state index in [-0.39, 0.29) is 11.8 Å². The van der Waals surface area contributed by atoms with E-state index >= 15 is 0 Å². The molecule has 1 rings (SSSR count). The number of hydrogen-bond donors (Lipinski definition) is 0. The average Bonchev–Trinajstić information content (AvgIpc) is 2.48. The van der Waals surface area contributed by atoms with E-state index in [1.165, 1.54) is 0 Å². The van der Waals surface area contributed by atoms with Crippen molar-refractivity contribution in [1.82, 2.24) is 4.90 Å². The SMILES string of the molecule is C#CC1CC(=O)N(CCOCC)C1. The zero-order valence-corrected chi connectivity index (χ0v) is 7.95. The van der Waals surface area contributed by atoms with Gasteiger partial charge in [0, 0.05) is 32.0 Å². The Labute approximate surface area is 79.1 Å². The lowest BCUT2D eigenvalue weighted by Gasteiger charge is -2.14. The summed E-state index contributed by atoms with van der Waals surface area (Å²) in [5, 5.41) is 0. The smallest absolute Gasteiger partial charge is 0.224 e. The van der Waals surface area contributed by atoms with E-state index < -0.39 is 0 Å². The van der Waals surface area contributed by atoms with E-state index in [9.17, 15) is 4.79 Å². The van der Waals surface area contributed by atoms with E-state index in [2.05, 4.69) is 5.92 Å². The zero-order valence-electron chi connectivity index (χ0n) is 7.95. The second-order valence-electron chi connectivity index (χ2n) is 3.10. The maximum Gasteiger partial charge on any atom is 0.224 e. The molecule has 0 aromatic rings. The molecule has 0 spiro atoms. The van der Waals surface area contributed by atoms with Crippen LogP contribution < -0.4 is 0 Å². The molecule has 1 aliphatic heterocycles. The number of carbonyl (C=O) groups is 1. The van der Waals surface area contributed by atoms with Gasteiger partial charge in [0.1, 0.15) is 0 Å². The predicted octanol–water partition coefficient (Wildman–Crippen LogP) is 0.505. The Kier molecular flexibility index (Phi) is 3.78.